The van der Waals surface area contributed by atoms with E-state index >= 15 is 0 Å². The van der Waals surface area contributed by atoms with Crippen LogP contribution in [0.1, 0.15) is 24.4 Å². The van der Waals surface area contributed by atoms with Crippen molar-refractivity contribution < 1.29 is 0 Å². The van der Waals surface area contributed by atoms with Crippen LogP contribution in [0.3, 0.4) is 0 Å². The summed E-state index contributed by atoms with van der Waals surface area (Å²) in [4.78, 5) is 4.45. The van der Waals surface area contributed by atoms with Crippen molar-refractivity contribution in [2.45, 2.75) is 19.9 Å². The third-order valence-corrected chi connectivity index (χ3v) is 3.23. The van der Waals surface area contributed by atoms with Crippen molar-refractivity contribution in [3.8, 4) is 0 Å². The molecule has 0 saturated carbocycles. The van der Waals surface area contributed by atoms with Crippen molar-refractivity contribution in [1.29, 1.82) is 0 Å². The van der Waals surface area contributed by atoms with Crippen LogP contribution in [0.2, 0.25) is 0 Å². The Bertz CT molecular complexity index is 697. The van der Waals surface area contributed by atoms with Crippen LogP contribution in [-0.2, 0) is 7.05 Å². The number of pyridine rings is 1. The highest BCUT2D eigenvalue weighted by atomic mass is 15.3. The van der Waals surface area contributed by atoms with Gasteiger partial charge < -0.3 is 5.32 Å². The standard InChI is InChI=1S/C13H16N6/c1-8-11-6-10(7-14-13(11)19(3)18-8)16-9(2)12-4-5-15-17-12/h4-7,9,16H,1-3H3,(H,15,17). The minimum atomic E-state index is 0.152. The van der Waals surface area contributed by atoms with Gasteiger partial charge in [0, 0.05) is 18.6 Å². The lowest BCUT2D eigenvalue weighted by Crippen LogP contribution is -2.07. The van der Waals surface area contributed by atoms with Crippen LogP contribution in [0.25, 0.3) is 11.0 Å². The van der Waals surface area contributed by atoms with E-state index in [0.29, 0.717) is 0 Å². The highest BCUT2D eigenvalue weighted by Gasteiger charge is 2.10. The van der Waals surface area contributed by atoms with E-state index in [1.807, 2.05) is 26.2 Å². The lowest BCUT2D eigenvalue weighted by atomic mass is 10.2. The van der Waals surface area contributed by atoms with Crippen LogP contribution >= 0.6 is 0 Å². The zero-order valence-corrected chi connectivity index (χ0v) is 11.2. The van der Waals surface area contributed by atoms with E-state index in [0.717, 1.165) is 28.1 Å². The van der Waals surface area contributed by atoms with Gasteiger partial charge in [-0.25, -0.2) is 4.98 Å². The quantitative estimate of drug-likeness (QED) is 0.753. The highest BCUT2D eigenvalue weighted by molar-refractivity contribution is 5.81. The molecule has 98 valence electrons. The largest absolute Gasteiger partial charge is 0.376 e. The molecule has 3 aromatic rings. The van der Waals surface area contributed by atoms with Gasteiger partial charge in [0.15, 0.2) is 5.65 Å². The van der Waals surface area contributed by atoms with E-state index in [1.54, 1.807) is 10.9 Å². The first-order valence-corrected chi connectivity index (χ1v) is 6.20. The van der Waals surface area contributed by atoms with Gasteiger partial charge in [-0.05, 0) is 26.0 Å². The molecule has 0 saturated heterocycles. The summed E-state index contributed by atoms with van der Waals surface area (Å²) in [5.41, 5.74) is 3.91. The first-order chi connectivity index (χ1) is 9.15. The molecule has 6 nitrogen and oxygen atoms in total. The number of aryl methyl sites for hydroxylation is 2. The molecule has 0 aliphatic heterocycles. The summed E-state index contributed by atoms with van der Waals surface area (Å²) in [6, 6.07) is 4.19. The van der Waals surface area contributed by atoms with E-state index in [9.17, 15) is 0 Å². The van der Waals surface area contributed by atoms with Gasteiger partial charge >= 0.3 is 0 Å². The van der Waals surface area contributed by atoms with Crippen molar-refractivity contribution >= 4 is 16.7 Å². The molecule has 0 spiro atoms. The molecule has 0 aromatic carbocycles. The van der Waals surface area contributed by atoms with Crippen molar-refractivity contribution in [2.75, 3.05) is 5.32 Å². The molecule has 1 unspecified atom stereocenters. The Hall–Kier alpha value is -2.37. The van der Waals surface area contributed by atoms with E-state index in [2.05, 4.69) is 38.6 Å². The third-order valence-electron chi connectivity index (χ3n) is 3.23. The minimum absolute atomic E-state index is 0.152. The fourth-order valence-electron chi connectivity index (χ4n) is 2.22. The molecule has 2 N–H and O–H groups in total. The summed E-state index contributed by atoms with van der Waals surface area (Å²) in [5, 5.41) is 15.8. The average Bonchev–Trinajstić information content (AvgIpc) is 2.99. The van der Waals surface area contributed by atoms with Crippen molar-refractivity contribution in [1.82, 2.24) is 25.0 Å². The summed E-state index contributed by atoms with van der Waals surface area (Å²) in [6.45, 7) is 4.07. The molecule has 0 fully saturated rings. The maximum Gasteiger partial charge on any atom is 0.157 e. The van der Waals surface area contributed by atoms with E-state index in [1.165, 1.54) is 0 Å². The van der Waals surface area contributed by atoms with Crippen LogP contribution in [0.4, 0.5) is 5.69 Å². The summed E-state index contributed by atoms with van der Waals surface area (Å²) in [7, 11) is 1.91. The first kappa shape index (κ1) is 11.7. The molecule has 0 amide bonds. The second-order valence-electron chi connectivity index (χ2n) is 4.68. The Labute approximate surface area is 110 Å². The maximum atomic E-state index is 4.45. The van der Waals surface area contributed by atoms with E-state index in [-0.39, 0.29) is 6.04 Å². The van der Waals surface area contributed by atoms with E-state index in [4.69, 9.17) is 0 Å². The van der Waals surface area contributed by atoms with Crippen LogP contribution in [-0.4, -0.2) is 25.0 Å². The Morgan fingerprint density at radius 2 is 2.26 bits per heavy atom. The fraction of sp³-hybridized carbons (Fsp3) is 0.308. The molecule has 0 bridgehead atoms. The molecule has 3 rings (SSSR count). The summed E-state index contributed by atoms with van der Waals surface area (Å²) in [6.07, 6.45) is 3.58. The lowest BCUT2D eigenvalue weighted by Gasteiger charge is -2.13. The Morgan fingerprint density at radius 3 is 3.00 bits per heavy atom. The molecule has 19 heavy (non-hydrogen) atoms. The fourth-order valence-corrected chi connectivity index (χ4v) is 2.22. The smallest absolute Gasteiger partial charge is 0.157 e. The van der Waals surface area contributed by atoms with Crippen LogP contribution in [0.5, 0.6) is 0 Å². The van der Waals surface area contributed by atoms with Gasteiger partial charge in [-0.3, -0.25) is 9.78 Å². The number of aromatic nitrogens is 5. The number of hydrogen-bond acceptors (Lipinski definition) is 4. The Morgan fingerprint density at radius 1 is 1.42 bits per heavy atom. The predicted octanol–water partition coefficient (Wildman–Crippen LogP) is 2.17. The van der Waals surface area contributed by atoms with Crippen molar-refractivity contribution in [3.05, 3.63) is 35.9 Å². The summed E-state index contributed by atoms with van der Waals surface area (Å²) >= 11 is 0. The molecule has 6 heteroatoms. The number of H-pyrrole nitrogens is 1. The normalized spacial score (nSPS) is 12.8. The van der Waals surface area contributed by atoms with Gasteiger partial charge in [0.25, 0.3) is 0 Å². The maximum absolute atomic E-state index is 4.45. The molecule has 3 heterocycles. The molecular formula is C13H16N6. The van der Waals surface area contributed by atoms with Gasteiger partial charge in [0.05, 0.1) is 29.3 Å². The Balaban J connectivity index is 1.91. The second-order valence-corrected chi connectivity index (χ2v) is 4.68. The van der Waals surface area contributed by atoms with Gasteiger partial charge in [-0.1, -0.05) is 0 Å². The second kappa shape index (κ2) is 4.38. The predicted molar refractivity (Wildman–Crippen MR) is 73.9 cm³/mol. The van der Waals surface area contributed by atoms with Gasteiger partial charge in [-0.15, -0.1) is 0 Å². The van der Waals surface area contributed by atoms with Gasteiger partial charge in [0.1, 0.15) is 0 Å². The molecule has 0 aliphatic carbocycles. The van der Waals surface area contributed by atoms with Crippen LogP contribution < -0.4 is 5.32 Å². The van der Waals surface area contributed by atoms with Crippen molar-refractivity contribution in [3.63, 3.8) is 0 Å². The topological polar surface area (TPSA) is 71.4 Å². The minimum Gasteiger partial charge on any atom is -0.376 e. The number of nitrogens with zero attached hydrogens (tertiary/aromatic N) is 4. The zero-order valence-electron chi connectivity index (χ0n) is 11.2. The number of aromatic amines is 1. The monoisotopic (exact) mass is 256 g/mol. The summed E-state index contributed by atoms with van der Waals surface area (Å²) in [5.74, 6) is 0. The number of hydrogen-bond donors (Lipinski definition) is 2. The summed E-state index contributed by atoms with van der Waals surface area (Å²) < 4.78 is 1.80. The zero-order chi connectivity index (χ0) is 13.4. The molecule has 1 atom stereocenters. The molecule has 0 radical (unpaired) electrons. The lowest BCUT2D eigenvalue weighted by molar-refractivity contribution is 0.773. The SMILES string of the molecule is Cc1nn(C)c2ncc(NC(C)c3ccn[nH]3)cc12. The molecule has 0 aliphatic rings. The average molecular weight is 256 g/mol. The number of nitrogens with one attached hydrogen (secondary N) is 2. The number of anilines is 1. The Kier molecular flexibility index (Phi) is 2.70. The van der Waals surface area contributed by atoms with Crippen LogP contribution in [0, 0.1) is 6.92 Å². The highest BCUT2D eigenvalue weighted by Crippen LogP contribution is 2.22. The van der Waals surface area contributed by atoms with Gasteiger partial charge in [0.2, 0.25) is 0 Å². The third kappa shape index (κ3) is 2.05. The first-order valence-electron chi connectivity index (χ1n) is 6.20. The molecule has 3 aromatic heterocycles. The number of rotatable bonds is 3. The van der Waals surface area contributed by atoms with E-state index < -0.39 is 0 Å². The van der Waals surface area contributed by atoms with Crippen molar-refractivity contribution in [2.24, 2.45) is 7.05 Å². The van der Waals surface area contributed by atoms with Crippen LogP contribution in [0.15, 0.2) is 24.5 Å². The number of fused-ring (bicyclic) bond motifs is 1. The molecular weight excluding hydrogens is 240 g/mol. The van der Waals surface area contributed by atoms with Gasteiger partial charge in [-0.2, -0.15) is 10.2 Å².